The van der Waals surface area contributed by atoms with E-state index in [-0.39, 0.29) is 5.60 Å². The normalized spacial score (nSPS) is 15.6. The van der Waals surface area contributed by atoms with Crippen LogP contribution < -0.4 is 0 Å². The van der Waals surface area contributed by atoms with Gasteiger partial charge in [0, 0.05) is 13.2 Å². The Morgan fingerprint density at radius 3 is 2.07 bits per heavy atom. The molecule has 15 heavy (non-hydrogen) atoms. The van der Waals surface area contributed by atoms with Crippen molar-refractivity contribution in [2.24, 2.45) is 0 Å². The molecule has 0 radical (unpaired) electrons. The van der Waals surface area contributed by atoms with Gasteiger partial charge in [-0.1, -0.05) is 20.8 Å². The van der Waals surface area contributed by atoms with Crippen molar-refractivity contribution in [3.05, 3.63) is 0 Å². The van der Waals surface area contributed by atoms with Crippen LogP contribution >= 0.6 is 0 Å². The first-order valence-electron chi connectivity index (χ1n) is 6.37. The van der Waals surface area contributed by atoms with Gasteiger partial charge in [0.25, 0.3) is 0 Å². The highest BCUT2D eigenvalue weighted by atomic mass is 16.5. The van der Waals surface area contributed by atoms with Gasteiger partial charge in [-0.25, -0.2) is 0 Å². The Hall–Kier alpha value is -0.0800. The molecule has 1 atom stereocenters. The predicted octanol–water partition coefficient (Wildman–Crippen LogP) is 3.79. The van der Waals surface area contributed by atoms with Crippen LogP contribution in [-0.4, -0.2) is 24.9 Å². The zero-order chi connectivity index (χ0) is 11.7. The predicted molar refractivity (Wildman–Crippen MR) is 65.3 cm³/mol. The fourth-order valence-electron chi connectivity index (χ4n) is 1.67. The largest absolute Gasteiger partial charge is 0.378 e. The van der Waals surface area contributed by atoms with Crippen molar-refractivity contribution >= 4 is 0 Å². The highest BCUT2D eigenvalue weighted by Crippen LogP contribution is 2.20. The van der Waals surface area contributed by atoms with Gasteiger partial charge in [0.2, 0.25) is 0 Å². The summed E-state index contributed by atoms with van der Waals surface area (Å²) >= 11 is 0. The minimum atomic E-state index is 0.000777. The lowest BCUT2D eigenvalue weighted by Crippen LogP contribution is -2.30. The van der Waals surface area contributed by atoms with Crippen LogP contribution in [0.4, 0.5) is 0 Å². The van der Waals surface area contributed by atoms with E-state index >= 15 is 0 Å². The highest BCUT2D eigenvalue weighted by Gasteiger charge is 2.22. The van der Waals surface area contributed by atoms with Crippen molar-refractivity contribution in [1.29, 1.82) is 0 Å². The van der Waals surface area contributed by atoms with E-state index in [1.807, 2.05) is 0 Å². The zero-order valence-corrected chi connectivity index (χ0v) is 11.1. The molecular weight excluding hydrogens is 188 g/mol. The second kappa shape index (κ2) is 8.12. The van der Waals surface area contributed by atoms with Crippen LogP contribution in [0.25, 0.3) is 0 Å². The Morgan fingerprint density at radius 2 is 1.67 bits per heavy atom. The van der Waals surface area contributed by atoms with E-state index in [0.717, 1.165) is 38.9 Å². The standard InChI is InChI=1S/C13H28O2/c1-6-12(7-2)14-11-10-13(5,8-3)15-9-4/h12H,6-11H2,1-5H3. The summed E-state index contributed by atoms with van der Waals surface area (Å²) in [6.45, 7) is 12.4. The molecule has 0 aliphatic carbocycles. The summed E-state index contributed by atoms with van der Waals surface area (Å²) in [4.78, 5) is 0. The van der Waals surface area contributed by atoms with E-state index in [1.54, 1.807) is 0 Å². The van der Waals surface area contributed by atoms with Crippen LogP contribution in [-0.2, 0) is 9.47 Å². The minimum absolute atomic E-state index is 0.000777. The van der Waals surface area contributed by atoms with Gasteiger partial charge < -0.3 is 9.47 Å². The first-order chi connectivity index (χ1) is 7.11. The maximum absolute atomic E-state index is 5.80. The molecule has 0 bridgehead atoms. The van der Waals surface area contributed by atoms with E-state index in [2.05, 4.69) is 34.6 Å². The molecular formula is C13H28O2. The molecule has 0 aliphatic heterocycles. The molecule has 2 nitrogen and oxygen atoms in total. The molecule has 0 heterocycles. The van der Waals surface area contributed by atoms with Crippen molar-refractivity contribution in [3.8, 4) is 0 Å². The Morgan fingerprint density at radius 1 is 1.07 bits per heavy atom. The Kier molecular flexibility index (Phi) is 8.07. The molecule has 2 heteroatoms. The average Bonchev–Trinajstić information content (AvgIpc) is 2.25. The van der Waals surface area contributed by atoms with Gasteiger partial charge >= 0.3 is 0 Å². The molecule has 0 aromatic rings. The van der Waals surface area contributed by atoms with Crippen LogP contribution in [0.5, 0.6) is 0 Å². The number of rotatable bonds is 9. The van der Waals surface area contributed by atoms with Crippen molar-refractivity contribution in [3.63, 3.8) is 0 Å². The summed E-state index contributed by atoms with van der Waals surface area (Å²) in [5.41, 5.74) is 0.000777. The van der Waals surface area contributed by atoms with Crippen molar-refractivity contribution in [2.45, 2.75) is 72.0 Å². The summed E-state index contributed by atoms with van der Waals surface area (Å²) in [6.07, 6.45) is 4.68. The monoisotopic (exact) mass is 216 g/mol. The first kappa shape index (κ1) is 14.9. The van der Waals surface area contributed by atoms with Gasteiger partial charge in [0.1, 0.15) is 0 Å². The third-order valence-corrected chi connectivity index (χ3v) is 3.14. The van der Waals surface area contributed by atoms with E-state index in [0.29, 0.717) is 6.10 Å². The summed E-state index contributed by atoms with van der Waals surface area (Å²) in [7, 11) is 0. The Labute approximate surface area is 95.3 Å². The number of hydrogen-bond acceptors (Lipinski definition) is 2. The quantitative estimate of drug-likeness (QED) is 0.584. The van der Waals surface area contributed by atoms with Crippen LogP contribution in [0, 0.1) is 0 Å². The van der Waals surface area contributed by atoms with Gasteiger partial charge in [-0.2, -0.15) is 0 Å². The fourth-order valence-corrected chi connectivity index (χ4v) is 1.67. The minimum Gasteiger partial charge on any atom is -0.378 e. The van der Waals surface area contributed by atoms with Gasteiger partial charge in [-0.15, -0.1) is 0 Å². The second-order valence-corrected chi connectivity index (χ2v) is 4.30. The topological polar surface area (TPSA) is 18.5 Å². The maximum Gasteiger partial charge on any atom is 0.0673 e. The lowest BCUT2D eigenvalue weighted by atomic mass is 9.99. The van der Waals surface area contributed by atoms with Crippen LogP contribution in [0.1, 0.15) is 60.3 Å². The van der Waals surface area contributed by atoms with Crippen molar-refractivity contribution in [1.82, 2.24) is 0 Å². The van der Waals surface area contributed by atoms with Crippen molar-refractivity contribution < 1.29 is 9.47 Å². The fraction of sp³-hybridized carbons (Fsp3) is 1.00. The Bertz CT molecular complexity index is 143. The van der Waals surface area contributed by atoms with Gasteiger partial charge in [-0.05, 0) is 39.5 Å². The number of ether oxygens (including phenoxy) is 2. The average molecular weight is 216 g/mol. The van der Waals surface area contributed by atoms with Gasteiger partial charge in [-0.3, -0.25) is 0 Å². The molecule has 0 rings (SSSR count). The van der Waals surface area contributed by atoms with Crippen LogP contribution in [0.2, 0.25) is 0 Å². The molecule has 0 aromatic heterocycles. The summed E-state index contributed by atoms with van der Waals surface area (Å²) in [5.74, 6) is 0. The first-order valence-corrected chi connectivity index (χ1v) is 6.37. The molecule has 0 N–H and O–H groups in total. The third kappa shape index (κ3) is 6.16. The lowest BCUT2D eigenvalue weighted by Gasteiger charge is -2.28. The smallest absolute Gasteiger partial charge is 0.0673 e. The van der Waals surface area contributed by atoms with E-state index in [1.165, 1.54) is 0 Å². The van der Waals surface area contributed by atoms with Crippen molar-refractivity contribution in [2.75, 3.05) is 13.2 Å². The maximum atomic E-state index is 5.80. The zero-order valence-electron chi connectivity index (χ0n) is 11.1. The Balaban J connectivity index is 3.80. The molecule has 0 fully saturated rings. The summed E-state index contributed by atoms with van der Waals surface area (Å²) in [6, 6.07) is 0. The number of hydrogen-bond donors (Lipinski definition) is 0. The van der Waals surface area contributed by atoms with E-state index in [9.17, 15) is 0 Å². The van der Waals surface area contributed by atoms with E-state index in [4.69, 9.17) is 9.47 Å². The van der Waals surface area contributed by atoms with Crippen LogP contribution in [0.15, 0.2) is 0 Å². The van der Waals surface area contributed by atoms with E-state index < -0.39 is 0 Å². The molecule has 0 saturated heterocycles. The summed E-state index contributed by atoms with van der Waals surface area (Å²) < 4.78 is 11.6. The molecule has 92 valence electrons. The van der Waals surface area contributed by atoms with Crippen LogP contribution in [0.3, 0.4) is 0 Å². The molecule has 0 aliphatic rings. The van der Waals surface area contributed by atoms with Gasteiger partial charge in [0.15, 0.2) is 0 Å². The molecule has 0 aromatic carbocycles. The molecule has 1 unspecified atom stereocenters. The molecule has 0 amide bonds. The second-order valence-electron chi connectivity index (χ2n) is 4.30. The molecule has 0 saturated carbocycles. The third-order valence-electron chi connectivity index (χ3n) is 3.14. The molecule has 0 spiro atoms. The highest BCUT2D eigenvalue weighted by molar-refractivity contribution is 4.73. The lowest BCUT2D eigenvalue weighted by molar-refractivity contribution is -0.0605. The summed E-state index contributed by atoms with van der Waals surface area (Å²) in [5, 5.41) is 0. The SMILES string of the molecule is CCOC(C)(CC)CCOC(CC)CC. The van der Waals surface area contributed by atoms with Gasteiger partial charge in [0.05, 0.1) is 11.7 Å².